The van der Waals surface area contributed by atoms with E-state index in [2.05, 4.69) is 25.2 Å². The van der Waals surface area contributed by atoms with Crippen molar-refractivity contribution in [3.05, 3.63) is 45.8 Å². The summed E-state index contributed by atoms with van der Waals surface area (Å²) in [5.74, 6) is 0.909. The zero-order valence-electron chi connectivity index (χ0n) is 14.5. The minimum absolute atomic E-state index is 0.0798. The van der Waals surface area contributed by atoms with Gasteiger partial charge in [-0.3, -0.25) is 4.79 Å². The van der Waals surface area contributed by atoms with Crippen molar-refractivity contribution in [1.82, 2.24) is 0 Å². The first-order valence-electron chi connectivity index (χ1n) is 7.99. The maximum Gasteiger partial charge on any atom is 0.262 e. The third kappa shape index (κ3) is 4.15. The Labute approximate surface area is 147 Å². The quantitative estimate of drug-likeness (QED) is 0.822. The van der Waals surface area contributed by atoms with E-state index < -0.39 is 0 Å². The van der Waals surface area contributed by atoms with Gasteiger partial charge in [-0.2, -0.15) is 5.26 Å². The van der Waals surface area contributed by atoms with Crippen LogP contribution >= 0.6 is 11.3 Å². The summed E-state index contributed by atoms with van der Waals surface area (Å²) in [5.41, 5.74) is 2.71. The van der Waals surface area contributed by atoms with Gasteiger partial charge in [-0.05, 0) is 49.4 Å². The fourth-order valence-electron chi connectivity index (χ4n) is 2.29. The van der Waals surface area contributed by atoms with Gasteiger partial charge >= 0.3 is 0 Å². The minimum atomic E-state index is -0.265. The normalized spacial score (nSPS) is 11.6. The van der Waals surface area contributed by atoms with Crippen molar-refractivity contribution in [3.8, 4) is 11.8 Å². The number of thiophene rings is 1. The van der Waals surface area contributed by atoms with Gasteiger partial charge in [0.1, 0.15) is 16.8 Å². The van der Waals surface area contributed by atoms with Crippen molar-refractivity contribution in [1.29, 1.82) is 5.26 Å². The fraction of sp³-hybridized carbons (Fsp3) is 0.368. The first-order valence-corrected chi connectivity index (χ1v) is 8.80. The zero-order valence-corrected chi connectivity index (χ0v) is 15.3. The second kappa shape index (κ2) is 7.98. The second-order valence-electron chi connectivity index (χ2n) is 5.81. The van der Waals surface area contributed by atoms with Gasteiger partial charge in [0.15, 0.2) is 6.61 Å². The van der Waals surface area contributed by atoms with E-state index in [1.165, 1.54) is 16.9 Å². The molecule has 0 aliphatic carbocycles. The Morgan fingerprint density at radius 3 is 2.58 bits per heavy atom. The topological polar surface area (TPSA) is 62.1 Å². The summed E-state index contributed by atoms with van der Waals surface area (Å²) in [6, 6.07) is 9.97. The molecule has 0 radical (unpaired) electrons. The molecule has 1 aromatic carbocycles. The molecule has 1 atom stereocenters. The van der Waals surface area contributed by atoms with Crippen LogP contribution in [0.5, 0.6) is 5.75 Å². The highest BCUT2D eigenvalue weighted by Crippen LogP contribution is 2.31. The number of hydrogen-bond donors (Lipinski definition) is 1. The second-order valence-corrected chi connectivity index (χ2v) is 7.04. The van der Waals surface area contributed by atoms with E-state index in [0.717, 1.165) is 16.9 Å². The predicted octanol–water partition coefficient (Wildman–Crippen LogP) is 4.77. The van der Waals surface area contributed by atoms with Crippen molar-refractivity contribution in [2.45, 2.75) is 40.0 Å². The van der Waals surface area contributed by atoms with Crippen LogP contribution in [0.2, 0.25) is 0 Å². The minimum Gasteiger partial charge on any atom is -0.484 e. The zero-order chi connectivity index (χ0) is 17.7. The summed E-state index contributed by atoms with van der Waals surface area (Å²) in [6.07, 6.45) is 1.09. The van der Waals surface area contributed by atoms with Gasteiger partial charge in [-0.1, -0.05) is 26.0 Å². The molecule has 0 bridgehead atoms. The number of carbonyl (C=O) groups excluding carboxylic acids is 1. The first kappa shape index (κ1) is 18.0. The van der Waals surface area contributed by atoms with E-state index in [9.17, 15) is 10.1 Å². The maximum atomic E-state index is 12.1. The number of carbonyl (C=O) groups is 1. The van der Waals surface area contributed by atoms with Crippen LogP contribution < -0.4 is 10.1 Å². The molecule has 1 N–H and O–H groups in total. The van der Waals surface area contributed by atoms with Crippen LogP contribution in [0.1, 0.15) is 47.8 Å². The molecule has 4 nitrogen and oxygen atoms in total. The van der Waals surface area contributed by atoms with Crippen molar-refractivity contribution >= 4 is 22.2 Å². The van der Waals surface area contributed by atoms with Crippen LogP contribution in [0.15, 0.2) is 24.3 Å². The van der Waals surface area contributed by atoms with Crippen LogP contribution in [0.3, 0.4) is 0 Å². The van der Waals surface area contributed by atoms with Crippen molar-refractivity contribution in [2.24, 2.45) is 0 Å². The number of hydrogen-bond acceptors (Lipinski definition) is 4. The highest BCUT2D eigenvalue weighted by Gasteiger charge is 2.14. The van der Waals surface area contributed by atoms with Crippen LogP contribution in [0, 0.1) is 25.2 Å². The smallest absolute Gasteiger partial charge is 0.262 e. The molecule has 1 heterocycles. The highest BCUT2D eigenvalue weighted by atomic mass is 32.1. The Morgan fingerprint density at radius 1 is 1.33 bits per heavy atom. The number of amides is 1. The molecule has 0 saturated heterocycles. The summed E-state index contributed by atoms with van der Waals surface area (Å²) in [7, 11) is 0. The number of benzene rings is 1. The predicted molar refractivity (Wildman–Crippen MR) is 97.8 cm³/mol. The summed E-state index contributed by atoms with van der Waals surface area (Å²) in [4.78, 5) is 13.1. The molecule has 5 heteroatoms. The standard InChI is InChI=1S/C19H22N2O2S/c1-5-12(2)15-6-8-16(9-7-15)23-11-18(22)21-19-17(10-20)13(3)14(4)24-19/h6-9,12H,5,11H2,1-4H3,(H,21,22). The monoisotopic (exact) mass is 342 g/mol. The van der Waals surface area contributed by atoms with E-state index in [0.29, 0.717) is 22.2 Å². The number of aryl methyl sites for hydroxylation is 1. The van der Waals surface area contributed by atoms with Gasteiger partial charge in [-0.25, -0.2) is 0 Å². The third-order valence-corrected chi connectivity index (χ3v) is 5.30. The molecule has 1 amide bonds. The molecule has 0 saturated carbocycles. The first-order chi connectivity index (χ1) is 11.5. The number of rotatable bonds is 6. The summed E-state index contributed by atoms with van der Waals surface area (Å²) in [6.45, 7) is 8.08. The van der Waals surface area contributed by atoms with E-state index >= 15 is 0 Å². The van der Waals surface area contributed by atoms with E-state index in [-0.39, 0.29) is 12.5 Å². The number of nitriles is 1. The molecule has 0 fully saturated rings. The Bertz CT molecular complexity index is 757. The number of nitrogens with zero attached hydrogens (tertiary/aromatic N) is 1. The van der Waals surface area contributed by atoms with Crippen LogP contribution in [-0.4, -0.2) is 12.5 Å². The van der Waals surface area contributed by atoms with Crippen LogP contribution in [0.25, 0.3) is 0 Å². The lowest BCUT2D eigenvalue weighted by atomic mass is 9.99. The van der Waals surface area contributed by atoms with Crippen LogP contribution in [0.4, 0.5) is 5.00 Å². The Balaban J connectivity index is 1.94. The number of nitrogens with one attached hydrogen (secondary N) is 1. The molecular formula is C19H22N2O2S. The molecule has 24 heavy (non-hydrogen) atoms. The Hall–Kier alpha value is -2.32. The van der Waals surface area contributed by atoms with Crippen molar-refractivity contribution in [3.63, 3.8) is 0 Å². The Kier molecular flexibility index (Phi) is 5.99. The average molecular weight is 342 g/mol. The largest absolute Gasteiger partial charge is 0.484 e. The molecule has 1 unspecified atom stereocenters. The molecule has 0 aliphatic rings. The third-order valence-electron chi connectivity index (χ3n) is 4.18. The molecule has 2 rings (SSSR count). The van der Waals surface area contributed by atoms with E-state index in [1.54, 1.807) is 0 Å². The van der Waals surface area contributed by atoms with Gasteiger partial charge in [-0.15, -0.1) is 11.3 Å². The summed E-state index contributed by atoms with van der Waals surface area (Å²) < 4.78 is 5.53. The molecular weight excluding hydrogens is 320 g/mol. The van der Waals surface area contributed by atoms with Gasteiger partial charge < -0.3 is 10.1 Å². The van der Waals surface area contributed by atoms with Gasteiger partial charge in [0.2, 0.25) is 0 Å². The fourth-order valence-corrected chi connectivity index (χ4v) is 3.32. The van der Waals surface area contributed by atoms with Gasteiger partial charge in [0, 0.05) is 4.88 Å². The lowest BCUT2D eigenvalue weighted by molar-refractivity contribution is -0.118. The molecule has 1 aromatic heterocycles. The van der Waals surface area contributed by atoms with Gasteiger partial charge in [0.05, 0.1) is 5.56 Å². The summed E-state index contributed by atoms with van der Waals surface area (Å²) >= 11 is 1.41. The summed E-state index contributed by atoms with van der Waals surface area (Å²) in [5, 5.41) is 12.6. The SMILES string of the molecule is CCC(C)c1ccc(OCC(=O)Nc2sc(C)c(C)c2C#N)cc1. The average Bonchev–Trinajstić information content (AvgIpc) is 2.86. The molecule has 0 spiro atoms. The van der Waals surface area contributed by atoms with Gasteiger partial charge in [0.25, 0.3) is 5.91 Å². The van der Waals surface area contributed by atoms with Crippen molar-refractivity contribution < 1.29 is 9.53 Å². The lowest BCUT2D eigenvalue weighted by Gasteiger charge is -2.10. The Morgan fingerprint density at radius 2 is 2.00 bits per heavy atom. The molecule has 126 valence electrons. The number of anilines is 1. The van der Waals surface area contributed by atoms with E-state index in [1.807, 2.05) is 38.1 Å². The van der Waals surface area contributed by atoms with Crippen molar-refractivity contribution in [2.75, 3.05) is 11.9 Å². The molecule has 2 aromatic rings. The molecule has 0 aliphatic heterocycles. The lowest BCUT2D eigenvalue weighted by Crippen LogP contribution is -2.20. The number of ether oxygens (including phenoxy) is 1. The maximum absolute atomic E-state index is 12.1. The van der Waals surface area contributed by atoms with E-state index in [4.69, 9.17) is 4.74 Å². The van der Waals surface area contributed by atoms with Crippen LogP contribution in [-0.2, 0) is 4.79 Å². The highest BCUT2D eigenvalue weighted by molar-refractivity contribution is 7.16.